The van der Waals surface area contributed by atoms with Crippen LogP contribution in [0.2, 0.25) is 5.02 Å². The zero-order chi connectivity index (χ0) is 26.1. The minimum Gasteiger partial charge on any atom is -0.465 e. The minimum absolute atomic E-state index is 0.0206. The third-order valence-corrected chi connectivity index (χ3v) is 8.72. The van der Waals surface area contributed by atoms with Crippen LogP contribution in [0.25, 0.3) is 0 Å². The number of nitrogens with one attached hydrogen (secondary N) is 1. The van der Waals surface area contributed by atoms with E-state index in [1.807, 2.05) is 7.05 Å². The Morgan fingerprint density at radius 1 is 1.25 bits per heavy atom. The number of hydrogen-bond donors (Lipinski definition) is 3. The molecule has 0 radical (unpaired) electrons. The molecule has 36 heavy (non-hydrogen) atoms. The van der Waals surface area contributed by atoms with Crippen LogP contribution >= 0.6 is 11.6 Å². The molecule has 2 fully saturated rings. The molecule has 1 aromatic carbocycles. The molecule has 8 heteroatoms. The number of ether oxygens (including phenoxy) is 1. The van der Waals surface area contributed by atoms with Crippen molar-refractivity contribution in [1.29, 1.82) is 0 Å². The van der Waals surface area contributed by atoms with Gasteiger partial charge in [0.25, 0.3) is 0 Å². The van der Waals surface area contributed by atoms with Gasteiger partial charge in [-0.25, -0.2) is 9.18 Å². The molecule has 3 N–H and O–H groups in total. The van der Waals surface area contributed by atoms with Crippen molar-refractivity contribution < 1.29 is 24.1 Å². The highest BCUT2D eigenvalue weighted by atomic mass is 35.5. The molecule has 1 aliphatic carbocycles. The number of methoxy groups -OCH3 is 1. The molecule has 1 saturated carbocycles. The van der Waals surface area contributed by atoms with Crippen LogP contribution in [0.3, 0.4) is 0 Å². The van der Waals surface area contributed by atoms with Crippen molar-refractivity contribution >= 4 is 17.7 Å². The van der Waals surface area contributed by atoms with Crippen LogP contribution < -0.4 is 5.32 Å². The molecule has 3 unspecified atom stereocenters. The molecule has 204 valence electrons. The average Bonchev–Trinajstić information content (AvgIpc) is 2.88. The largest absolute Gasteiger partial charge is 0.465 e. The molecule has 1 amide bonds. The number of aliphatic hydroxyl groups is 1. The molecule has 3 rings (SSSR count). The lowest BCUT2D eigenvalue weighted by Crippen LogP contribution is -2.59. The molecule has 4 atom stereocenters. The molecule has 2 aliphatic rings. The number of piperidine rings is 1. The molecule has 1 aromatic rings. The Hall–Kier alpha value is -1.41. The van der Waals surface area contributed by atoms with Gasteiger partial charge in [0, 0.05) is 37.8 Å². The third kappa shape index (κ3) is 6.91. The predicted octanol–water partition coefficient (Wildman–Crippen LogP) is 6.05. The topological polar surface area (TPSA) is 82.0 Å². The molecular weight excluding hydrogens is 483 g/mol. The first-order valence-corrected chi connectivity index (χ1v) is 14.0. The smallest absolute Gasteiger partial charge is 0.407 e. The third-order valence-electron chi connectivity index (χ3n) is 8.43. The van der Waals surface area contributed by atoms with Crippen LogP contribution in [-0.4, -0.2) is 61.1 Å². The predicted molar refractivity (Wildman–Crippen MR) is 141 cm³/mol. The monoisotopic (exact) mass is 526 g/mol. The SMILES string of the molecule is CNCC(CC1CCCCC1)C1C([C@@](O)(CCCCOC)c2cccc(Cl)c2F)CCCN1C(=O)O. The molecule has 0 aromatic heterocycles. The first-order valence-electron chi connectivity index (χ1n) is 13.6. The number of hydrogen-bond acceptors (Lipinski definition) is 4. The number of amides is 1. The van der Waals surface area contributed by atoms with E-state index in [-0.39, 0.29) is 16.5 Å². The molecule has 6 nitrogen and oxygen atoms in total. The van der Waals surface area contributed by atoms with Gasteiger partial charge < -0.3 is 25.2 Å². The fourth-order valence-corrected chi connectivity index (χ4v) is 6.98. The summed E-state index contributed by atoms with van der Waals surface area (Å²) in [6.45, 7) is 1.63. The molecule has 1 aliphatic heterocycles. The van der Waals surface area contributed by atoms with Crippen molar-refractivity contribution in [2.45, 2.75) is 82.3 Å². The Bertz CT molecular complexity index is 838. The first-order chi connectivity index (χ1) is 17.3. The highest BCUT2D eigenvalue weighted by Crippen LogP contribution is 2.47. The van der Waals surface area contributed by atoms with Gasteiger partial charge in [0.1, 0.15) is 5.82 Å². The lowest BCUT2D eigenvalue weighted by Gasteiger charge is -2.51. The van der Waals surface area contributed by atoms with E-state index in [0.29, 0.717) is 51.3 Å². The van der Waals surface area contributed by atoms with Crippen LogP contribution in [0, 0.1) is 23.6 Å². The van der Waals surface area contributed by atoms with Crippen molar-refractivity contribution in [1.82, 2.24) is 10.2 Å². The second-order valence-corrected chi connectivity index (χ2v) is 11.2. The van der Waals surface area contributed by atoms with E-state index in [0.717, 1.165) is 25.7 Å². The highest BCUT2D eigenvalue weighted by Gasteiger charge is 2.51. The molecule has 0 spiro atoms. The Balaban J connectivity index is 2.04. The van der Waals surface area contributed by atoms with Gasteiger partial charge in [-0.05, 0) is 70.0 Å². The fraction of sp³-hybridized carbons (Fsp3) is 0.750. The summed E-state index contributed by atoms with van der Waals surface area (Å²) >= 11 is 6.18. The van der Waals surface area contributed by atoms with Gasteiger partial charge in [-0.3, -0.25) is 0 Å². The molecule has 0 bridgehead atoms. The Kier molecular flexibility index (Phi) is 11.3. The molecule has 1 heterocycles. The van der Waals surface area contributed by atoms with E-state index in [1.54, 1.807) is 19.2 Å². The summed E-state index contributed by atoms with van der Waals surface area (Å²) < 4.78 is 20.7. The van der Waals surface area contributed by atoms with E-state index in [2.05, 4.69) is 5.32 Å². The van der Waals surface area contributed by atoms with Gasteiger partial charge >= 0.3 is 6.09 Å². The van der Waals surface area contributed by atoms with Crippen molar-refractivity contribution in [3.63, 3.8) is 0 Å². The number of unbranched alkanes of at least 4 members (excludes halogenated alkanes) is 1. The lowest BCUT2D eigenvalue weighted by molar-refractivity contribution is -0.0992. The van der Waals surface area contributed by atoms with E-state index in [1.165, 1.54) is 30.2 Å². The van der Waals surface area contributed by atoms with E-state index >= 15 is 4.39 Å². The van der Waals surface area contributed by atoms with Gasteiger partial charge in [0.2, 0.25) is 0 Å². The highest BCUT2D eigenvalue weighted by molar-refractivity contribution is 6.30. The van der Waals surface area contributed by atoms with Gasteiger partial charge in [-0.15, -0.1) is 0 Å². The van der Waals surface area contributed by atoms with Crippen LogP contribution in [0.4, 0.5) is 9.18 Å². The van der Waals surface area contributed by atoms with Gasteiger partial charge in [-0.1, -0.05) is 55.8 Å². The first kappa shape index (κ1) is 29.2. The lowest BCUT2D eigenvalue weighted by atomic mass is 9.65. The van der Waals surface area contributed by atoms with E-state index in [9.17, 15) is 15.0 Å². The maximum atomic E-state index is 15.5. The summed E-state index contributed by atoms with van der Waals surface area (Å²) in [5, 5.41) is 25.9. The van der Waals surface area contributed by atoms with Crippen molar-refractivity contribution in [2.24, 2.45) is 17.8 Å². The Morgan fingerprint density at radius 2 is 2.00 bits per heavy atom. The molecular formula is C28H44ClFN2O4. The number of carbonyl (C=O) groups is 1. The summed E-state index contributed by atoms with van der Waals surface area (Å²) in [6, 6.07) is 4.35. The van der Waals surface area contributed by atoms with Crippen LogP contribution in [0.1, 0.15) is 76.2 Å². The standard InChI is InChI=1S/C28H44ClFN2O4/c1-31-19-21(18-20-10-4-3-5-11-20)26-23(13-9-16-32(26)27(33)34)28(35,15-6-7-17-36-2)22-12-8-14-24(29)25(22)30/h8,12,14,20-21,23,26,31,35H,3-7,9-11,13,15-19H2,1-2H3,(H,33,34)/t21?,23?,26?,28-/m1/s1. The van der Waals surface area contributed by atoms with Crippen LogP contribution in [0.5, 0.6) is 0 Å². The quantitative estimate of drug-likeness (QED) is 0.289. The maximum absolute atomic E-state index is 15.5. The van der Waals surface area contributed by atoms with Gasteiger partial charge in [0.15, 0.2) is 0 Å². The number of likely N-dealkylation sites (tertiary alicyclic amines) is 1. The zero-order valence-corrected chi connectivity index (χ0v) is 22.6. The summed E-state index contributed by atoms with van der Waals surface area (Å²) in [7, 11) is 3.53. The van der Waals surface area contributed by atoms with E-state index < -0.39 is 29.5 Å². The number of carboxylic acid groups (broad SMARTS) is 1. The van der Waals surface area contributed by atoms with E-state index in [4.69, 9.17) is 16.3 Å². The number of rotatable bonds is 12. The maximum Gasteiger partial charge on any atom is 0.407 e. The van der Waals surface area contributed by atoms with Crippen molar-refractivity contribution in [3.05, 3.63) is 34.6 Å². The van der Waals surface area contributed by atoms with Gasteiger partial charge in [0.05, 0.1) is 10.6 Å². The second kappa shape index (κ2) is 13.9. The summed E-state index contributed by atoms with van der Waals surface area (Å²) in [6.07, 6.45) is 8.88. The van der Waals surface area contributed by atoms with Crippen molar-refractivity contribution in [3.8, 4) is 0 Å². The summed E-state index contributed by atoms with van der Waals surface area (Å²) in [5.41, 5.74) is -1.37. The summed E-state index contributed by atoms with van der Waals surface area (Å²) in [4.78, 5) is 14.0. The van der Waals surface area contributed by atoms with Crippen LogP contribution in [-0.2, 0) is 10.3 Å². The Labute approximate surface area is 220 Å². The Morgan fingerprint density at radius 3 is 2.67 bits per heavy atom. The average molecular weight is 527 g/mol. The second-order valence-electron chi connectivity index (χ2n) is 10.7. The summed E-state index contributed by atoms with van der Waals surface area (Å²) in [5.74, 6) is -0.489. The van der Waals surface area contributed by atoms with Gasteiger partial charge in [-0.2, -0.15) is 0 Å². The fourth-order valence-electron chi connectivity index (χ4n) is 6.80. The number of halogens is 2. The number of nitrogens with zero attached hydrogens (tertiary/aromatic N) is 1. The zero-order valence-electron chi connectivity index (χ0n) is 21.9. The minimum atomic E-state index is -1.54. The van der Waals surface area contributed by atoms with Crippen molar-refractivity contribution in [2.75, 3.05) is 33.9 Å². The van der Waals surface area contributed by atoms with Crippen LogP contribution in [0.15, 0.2) is 18.2 Å². The number of benzene rings is 1. The molecule has 1 saturated heterocycles. The normalized spacial score (nSPS) is 23.9.